The third-order valence-electron chi connectivity index (χ3n) is 1.87. The van der Waals surface area contributed by atoms with E-state index in [1.165, 1.54) is 5.56 Å². The van der Waals surface area contributed by atoms with Gasteiger partial charge in [0.2, 0.25) is 0 Å². The summed E-state index contributed by atoms with van der Waals surface area (Å²) in [6, 6.07) is 5.75. The summed E-state index contributed by atoms with van der Waals surface area (Å²) in [4.78, 5) is 11.0. The summed E-state index contributed by atoms with van der Waals surface area (Å²) < 4.78 is 0. The van der Waals surface area contributed by atoms with Crippen molar-refractivity contribution in [3.63, 3.8) is 0 Å². The topological polar surface area (TPSA) is 17.1 Å². The van der Waals surface area contributed by atoms with E-state index in [0.29, 0.717) is 0 Å². The van der Waals surface area contributed by atoms with Crippen LogP contribution in [0.25, 0.3) is 0 Å². The molecule has 0 saturated heterocycles. The van der Waals surface area contributed by atoms with Gasteiger partial charge in [-0.15, -0.1) is 0 Å². The SMILES string of the molecule is Cc1cccc(C(=O)P)c1C. The van der Waals surface area contributed by atoms with Crippen molar-refractivity contribution in [2.75, 3.05) is 0 Å². The first kappa shape index (κ1) is 8.42. The minimum absolute atomic E-state index is 0.0613. The molecule has 0 bridgehead atoms. The molecular weight excluding hydrogens is 155 g/mol. The summed E-state index contributed by atoms with van der Waals surface area (Å²) in [7, 11) is 2.19. The van der Waals surface area contributed by atoms with Crippen molar-refractivity contribution < 1.29 is 4.79 Å². The van der Waals surface area contributed by atoms with Crippen molar-refractivity contribution in [2.24, 2.45) is 0 Å². The van der Waals surface area contributed by atoms with Crippen molar-refractivity contribution in [1.29, 1.82) is 0 Å². The zero-order chi connectivity index (χ0) is 8.43. The van der Waals surface area contributed by atoms with Gasteiger partial charge in [-0.05, 0) is 25.0 Å². The molecule has 0 saturated carbocycles. The number of aryl methyl sites for hydroxylation is 1. The minimum atomic E-state index is 0.0613. The van der Waals surface area contributed by atoms with Gasteiger partial charge in [0.15, 0.2) is 5.52 Å². The fourth-order valence-electron chi connectivity index (χ4n) is 1.02. The van der Waals surface area contributed by atoms with E-state index in [2.05, 4.69) is 9.24 Å². The number of carbonyl (C=O) groups excluding carboxylic acids is 1. The van der Waals surface area contributed by atoms with Crippen molar-refractivity contribution in [1.82, 2.24) is 0 Å². The van der Waals surface area contributed by atoms with Crippen molar-refractivity contribution in [3.8, 4) is 0 Å². The predicted molar refractivity (Wildman–Crippen MR) is 50.0 cm³/mol. The zero-order valence-corrected chi connectivity index (χ0v) is 7.87. The Balaban J connectivity index is 3.27. The highest BCUT2D eigenvalue weighted by Crippen LogP contribution is 2.15. The lowest BCUT2D eigenvalue weighted by molar-refractivity contribution is 0.108. The van der Waals surface area contributed by atoms with Crippen molar-refractivity contribution in [2.45, 2.75) is 13.8 Å². The maximum absolute atomic E-state index is 11.0. The summed E-state index contributed by atoms with van der Waals surface area (Å²) in [6.07, 6.45) is 0. The maximum atomic E-state index is 11.0. The molecule has 0 radical (unpaired) electrons. The van der Waals surface area contributed by atoms with Crippen LogP contribution in [0.1, 0.15) is 21.5 Å². The lowest BCUT2D eigenvalue weighted by Crippen LogP contribution is -1.94. The van der Waals surface area contributed by atoms with E-state index in [-0.39, 0.29) is 5.52 Å². The second-order valence-corrected chi connectivity index (χ2v) is 3.14. The molecule has 1 atom stereocenters. The van der Waals surface area contributed by atoms with Crippen LogP contribution in [0.15, 0.2) is 18.2 Å². The smallest absolute Gasteiger partial charge is 0.178 e. The van der Waals surface area contributed by atoms with Gasteiger partial charge < -0.3 is 0 Å². The summed E-state index contributed by atoms with van der Waals surface area (Å²) >= 11 is 0. The molecule has 0 heterocycles. The normalized spacial score (nSPS) is 9.73. The van der Waals surface area contributed by atoms with Gasteiger partial charge in [0.05, 0.1) is 0 Å². The van der Waals surface area contributed by atoms with Gasteiger partial charge in [-0.25, -0.2) is 0 Å². The molecule has 0 amide bonds. The molecule has 1 nitrogen and oxygen atoms in total. The van der Waals surface area contributed by atoms with Gasteiger partial charge in [-0.2, -0.15) is 0 Å². The molecule has 2 heteroatoms. The van der Waals surface area contributed by atoms with Crippen LogP contribution in [0, 0.1) is 13.8 Å². The first-order valence-corrected chi connectivity index (χ1v) is 4.06. The van der Waals surface area contributed by atoms with Gasteiger partial charge >= 0.3 is 0 Å². The third-order valence-corrected chi connectivity index (χ3v) is 2.18. The van der Waals surface area contributed by atoms with E-state index in [0.717, 1.165) is 11.1 Å². The Morgan fingerprint density at radius 2 is 2.00 bits per heavy atom. The van der Waals surface area contributed by atoms with Gasteiger partial charge in [-0.3, -0.25) is 4.79 Å². The van der Waals surface area contributed by atoms with Crippen LogP contribution in [-0.4, -0.2) is 5.52 Å². The summed E-state index contributed by atoms with van der Waals surface area (Å²) in [5, 5.41) is 0. The maximum Gasteiger partial charge on any atom is 0.178 e. The lowest BCUT2D eigenvalue weighted by Gasteiger charge is -2.03. The van der Waals surface area contributed by atoms with E-state index in [4.69, 9.17) is 0 Å². The van der Waals surface area contributed by atoms with E-state index in [1.807, 2.05) is 32.0 Å². The number of benzene rings is 1. The molecule has 1 rings (SSSR count). The van der Waals surface area contributed by atoms with Gasteiger partial charge in [0.25, 0.3) is 0 Å². The minimum Gasteiger partial charge on any atom is -0.290 e. The number of rotatable bonds is 1. The molecule has 1 aromatic carbocycles. The van der Waals surface area contributed by atoms with Crippen LogP contribution in [0.5, 0.6) is 0 Å². The van der Waals surface area contributed by atoms with Crippen LogP contribution in [0.3, 0.4) is 0 Å². The summed E-state index contributed by atoms with van der Waals surface area (Å²) in [5.41, 5.74) is 3.10. The highest BCUT2D eigenvalue weighted by Gasteiger charge is 2.03. The Hall–Kier alpha value is -0.680. The third kappa shape index (κ3) is 1.66. The average Bonchev–Trinajstić information content (AvgIpc) is 1.94. The number of carbonyl (C=O) groups is 1. The Labute approximate surface area is 69.0 Å². The monoisotopic (exact) mass is 166 g/mol. The summed E-state index contributed by atoms with van der Waals surface area (Å²) in [5.74, 6) is 0. The van der Waals surface area contributed by atoms with Crippen LogP contribution >= 0.6 is 9.24 Å². The molecule has 1 unspecified atom stereocenters. The van der Waals surface area contributed by atoms with Gasteiger partial charge in [0.1, 0.15) is 0 Å². The van der Waals surface area contributed by atoms with E-state index in [1.54, 1.807) is 0 Å². The largest absolute Gasteiger partial charge is 0.290 e. The van der Waals surface area contributed by atoms with E-state index in [9.17, 15) is 4.79 Å². The van der Waals surface area contributed by atoms with E-state index < -0.39 is 0 Å². The quantitative estimate of drug-likeness (QED) is 0.585. The fraction of sp³-hybridized carbons (Fsp3) is 0.222. The lowest BCUT2D eigenvalue weighted by atomic mass is 10.0. The summed E-state index contributed by atoms with van der Waals surface area (Å²) in [6.45, 7) is 3.97. The highest BCUT2D eigenvalue weighted by molar-refractivity contribution is 7.41. The first-order valence-electron chi connectivity index (χ1n) is 3.49. The molecule has 0 fully saturated rings. The Bertz CT molecular complexity index is 292. The Morgan fingerprint density at radius 1 is 1.36 bits per heavy atom. The molecule has 0 aromatic heterocycles. The molecular formula is C9H11OP. The Kier molecular flexibility index (Phi) is 2.41. The van der Waals surface area contributed by atoms with Gasteiger partial charge in [0, 0.05) is 5.56 Å². The molecule has 11 heavy (non-hydrogen) atoms. The van der Waals surface area contributed by atoms with Crippen LogP contribution in [0.4, 0.5) is 0 Å². The molecule has 58 valence electrons. The second-order valence-electron chi connectivity index (χ2n) is 2.61. The molecule has 0 spiro atoms. The number of hydrogen-bond acceptors (Lipinski definition) is 1. The van der Waals surface area contributed by atoms with Crippen LogP contribution in [0.2, 0.25) is 0 Å². The molecule has 1 aromatic rings. The molecule has 0 aliphatic rings. The first-order chi connectivity index (χ1) is 5.13. The van der Waals surface area contributed by atoms with Crippen LogP contribution < -0.4 is 0 Å². The number of hydrogen-bond donors (Lipinski definition) is 0. The molecule has 0 aliphatic heterocycles. The van der Waals surface area contributed by atoms with Crippen molar-refractivity contribution >= 4 is 14.8 Å². The molecule has 0 aliphatic carbocycles. The van der Waals surface area contributed by atoms with Crippen molar-refractivity contribution in [3.05, 3.63) is 34.9 Å². The standard InChI is InChI=1S/C9H11OP/c1-6-4-3-5-8(7(6)2)9(10)11/h3-5H,11H2,1-2H3. The zero-order valence-electron chi connectivity index (χ0n) is 6.72. The fourth-order valence-corrected chi connectivity index (χ4v) is 1.33. The van der Waals surface area contributed by atoms with Crippen LogP contribution in [-0.2, 0) is 0 Å². The Morgan fingerprint density at radius 3 is 2.45 bits per heavy atom. The highest BCUT2D eigenvalue weighted by atomic mass is 31.0. The van der Waals surface area contributed by atoms with Gasteiger partial charge in [-0.1, -0.05) is 27.4 Å². The average molecular weight is 166 g/mol. The van der Waals surface area contributed by atoms with E-state index >= 15 is 0 Å². The second kappa shape index (κ2) is 3.15. The predicted octanol–water partition coefficient (Wildman–Crippen LogP) is 2.32. The molecule has 0 N–H and O–H groups in total.